The average Bonchev–Trinajstić information content (AvgIpc) is 2.40. The fourth-order valence-corrected chi connectivity index (χ4v) is 1.51. The Bertz CT molecular complexity index is 492. The van der Waals surface area contributed by atoms with Gasteiger partial charge in [-0.15, -0.1) is 0 Å². The standard InChI is InChI=1S/C14H16N2O2/c1-10(15)12-4-7-14(16-8-12)18-13-5-2-11(9-17)3-6-13/h2-8,10,17H,9,15H2,1H3/t10-/m0/s1. The summed E-state index contributed by atoms with van der Waals surface area (Å²) in [5.74, 6) is 1.21. The van der Waals surface area contributed by atoms with Crippen LogP contribution in [-0.2, 0) is 6.61 Å². The fourth-order valence-electron chi connectivity index (χ4n) is 1.51. The number of hydrogen-bond donors (Lipinski definition) is 2. The highest BCUT2D eigenvalue weighted by atomic mass is 16.5. The molecule has 18 heavy (non-hydrogen) atoms. The molecule has 1 heterocycles. The van der Waals surface area contributed by atoms with E-state index in [2.05, 4.69) is 4.98 Å². The quantitative estimate of drug-likeness (QED) is 0.866. The van der Waals surface area contributed by atoms with Crippen molar-refractivity contribution in [2.45, 2.75) is 19.6 Å². The minimum absolute atomic E-state index is 0.0294. The molecule has 1 atom stereocenters. The molecule has 2 rings (SSSR count). The lowest BCUT2D eigenvalue weighted by atomic mass is 10.2. The van der Waals surface area contributed by atoms with E-state index in [1.54, 1.807) is 24.4 Å². The summed E-state index contributed by atoms with van der Waals surface area (Å²) in [7, 11) is 0. The second-order valence-electron chi connectivity index (χ2n) is 4.12. The zero-order valence-corrected chi connectivity index (χ0v) is 10.2. The van der Waals surface area contributed by atoms with Crippen LogP contribution in [0.1, 0.15) is 24.1 Å². The van der Waals surface area contributed by atoms with Gasteiger partial charge in [-0.25, -0.2) is 4.98 Å². The fraction of sp³-hybridized carbons (Fsp3) is 0.214. The molecule has 4 nitrogen and oxygen atoms in total. The van der Waals surface area contributed by atoms with Crippen LogP contribution in [0.5, 0.6) is 11.6 Å². The van der Waals surface area contributed by atoms with Crippen LogP contribution in [0.15, 0.2) is 42.6 Å². The van der Waals surface area contributed by atoms with E-state index in [1.165, 1.54) is 0 Å². The van der Waals surface area contributed by atoms with Crippen LogP contribution < -0.4 is 10.5 Å². The molecule has 0 saturated carbocycles. The second-order valence-corrected chi connectivity index (χ2v) is 4.12. The van der Waals surface area contributed by atoms with E-state index >= 15 is 0 Å². The molecule has 94 valence electrons. The molecule has 0 radical (unpaired) electrons. The molecule has 0 fully saturated rings. The molecule has 0 spiro atoms. The van der Waals surface area contributed by atoms with Crippen molar-refractivity contribution in [1.82, 2.24) is 4.98 Å². The smallest absolute Gasteiger partial charge is 0.219 e. The third-order valence-corrected chi connectivity index (χ3v) is 2.61. The molecule has 0 unspecified atom stereocenters. The lowest BCUT2D eigenvalue weighted by molar-refractivity contribution is 0.281. The third kappa shape index (κ3) is 3.06. The van der Waals surface area contributed by atoms with Gasteiger partial charge in [0.1, 0.15) is 5.75 Å². The summed E-state index contributed by atoms with van der Waals surface area (Å²) in [4.78, 5) is 4.19. The van der Waals surface area contributed by atoms with Gasteiger partial charge in [0.25, 0.3) is 0 Å². The molecule has 2 aromatic rings. The lowest BCUT2D eigenvalue weighted by Gasteiger charge is -2.07. The number of benzene rings is 1. The summed E-state index contributed by atoms with van der Waals surface area (Å²) >= 11 is 0. The Kier molecular flexibility index (Phi) is 3.92. The Morgan fingerprint density at radius 1 is 1.22 bits per heavy atom. The van der Waals surface area contributed by atoms with Crippen LogP contribution in [0.4, 0.5) is 0 Å². The van der Waals surface area contributed by atoms with Gasteiger partial charge in [0.15, 0.2) is 0 Å². The van der Waals surface area contributed by atoms with E-state index in [0.717, 1.165) is 11.1 Å². The molecule has 1 aromatic heterocycles. The minimum Gasteiger partial charge on any atom is -0.439 e. The van der Waals surface area contributed by atoms with E-state index in [9.17, 15) is 0 Å². The summed E-state index contributed by atoms with van der Waals surface area (Å²) in [5, 5.41) is 8.94. The normalized spacial score (nSPS) is 12.2. The van der Waals surface area contributed by atoms with E-state index in [4.69, 9.17) is 15.6 Å². The summed E-state index contributed by atoms with van der Waals surface area (Å²) in [6, 6.07) is 10.9. The number of pyridine rings is 1. The van der Waals surface area contributed by atoms with Crippen molar-refractivity contribution < 1.29 is 9.84 Å². The maximum Gasteiger partial charge on any atom is 0.219 e. The van der Waals surface area contributed by atoms with Crippen LogP contribution in [0.2, 0.25) is 0 Å². The largest absolute Gasteiger partial charge is 0.439 e. The predicted molar refractivity (Wildman–Crippen MR) is 69.3 cm³/mol. The highest BCUT2D eigenvalue weighted by Crippen LogP contribution is 2.20. The van der Waals surface area contributed by atoms with Crippen molar-refractivity contribution in [3.63, 3.8) is 0 Å². The number of rotatable bonds is 4. The SMILES string of the molecule is C[C@H](N)c1ccc(Oc2ccc(CO)cc2)nc1. The second kappa shape index (κ2) is 5.62. The molecular weight excluding hydrogens is 228 g/mol. The molecule has 3 N–H and O–H groups in total. The molecule has 4 heteroatoms. The first kappa shape index (κ1) is 12.5. The monoisotopic (exact) mass is 244 g/mol. The first-order valence-corrected chi connectivity index (χ1v) is 5.78. The zero-order chi connectivity index (χ0) is 13.0. The van der Waals surface area contributed by atoms with E-state index in [0.29, 0.717) is 11.6 Å². The van der Waals surface area contributed by atoms with E-state index < -0.39 is 0 Å². The molecular formula is C14H16N2O2. The van der Waals surface area contributed by atoms with Crippen molar-refractivity contribution in [3.8, 4) is 11.6 Å². The van der Waals surface area contributed by atoms with Crippen LogP contribution >= 0.6 is 0 Å². The zero-order valence-electron chi connectivity index (χ0n) is 10.2. The third-order valence-electron chi connectivity index (χ3n) is 2.61. The van der Waals surface area contributed by atoms with E-state index in [-0.39, 0.29) is 12.6 Å². The van der Waals surface area contributed by atoms with Gasteiger partial charge < -0.3 is 15.6 Å². The first-order valence-electron chi connectivity index (χ1n) is 5.78. The van der Waals surface area contributed by atoms with Crippen molar-refractivity contribution in [3.05, 3.63) is 53.7 Å². The summed E-state index contributed by atoms with van der Waals surface area (Å²) < 4.78 is 5.58. The maximum atomic E-state index is 8.94. The Labute approximate surface area is 106 Å². The molecule has 0 aliphatic rings. The van der Waals surface area contributed by atoms with Crippen molar-refractivity contribution >= 4 is 0 Å². The van der Waals surface area contributed by atoms with Gasteiger partial charge in [0.05, 0.1) is 6.61 Å². The van der Waals surface area contributed by atoms with Crippen LogP contribution in [0.3, 0.4) is 0 Å². The number of aliphatic hydroxyl groups is 1. The van der Waals surface area contributed by atoms with Crippen molar-refractivity contribution in [2.75, 3.05) is 0 Å². The van der Waals surface area contributed by atoms with E-state index in [1.807, 2.05) is 25.1 Å². The van der Waals surface area contributed by atoms with Gasteiger partial charge in [-0.1, -0.05) is 18.2 Å². The number of aliphatic hydroxyl groups excluding tert-OH is 1. The Hall–Kier alpha value is -1.91. The molecule has 0 aliphatic heterocycles. The Morgan fingerprint density at radius 2 is 1.94 bits per heavy atom. The van der Waals surface area contributed by atoms with Crippen LogP contribution in [0, 0.1) is 0 Å². The number of aromatic nitrogens is 1. The van der Waals surface area contributed by atoms with Crippen molar-refractivity contribution in [1.29, 1.82) is 0 Å². The number of hydrogen-bond acceptors (Lipinski definition) is 4. The molecule has 0 bridgehead atoms. The van der Waals surface area contributed by atoms with Gasteiger partial charge >= 0.3 is 0 Å². The number of nitrogens with two attached hydrogens (primary N) is 1. The summed E-state index contributed by atoms with van der Waals surface area (Å²) in [6.07, 6.45) is 1.71. The highest BCUT2D eigenvalue weighted by molar-refractivity contribution is 5.31. The van der Waals surface area contributed by atoms with Crippen LogP contribution in [-0.4, -0.2) is 10.1 Å². The van der Waals surface area contributed by atoms with Gasteiger partial charge in [0.2, 0.25) is 5.88 Å². The summed E-state index contributed by atoms with van der Waals surface area (Å²) in [5.41, 5.74) is 7.56. The average molecular weight is 244 g/mol. The molecule has 0 saturated heterocycles. The number of nitrogens with zero attached hydrogens (tertiary/aromatic N) is 1. The molecule has 0 amide bonds. The topological polar surface area (TPSA) is 68.4 Å². The Balaban J connectivity index is 2.08. The summed E-state index contributed by atoms with van der Waals surface area (Å²) in [6.45, 7) is 1.94. The van der Waals surface area contributed by atoms with Gasteiger partial charge in [-0.2, -0.15) is 0 Å². The first-order chi connectivity index (χ1) is 8.69. The molecule has 0 aliphatic carbocycles. The van der Waals surface area contributed by atoms with Gasteiger partial charge in [-0.3, -0.25) is 0 Å². The Morgan fingerprint density at radius 3 is 2.44 bits per heavy atom. The predicted octanol–water partition coefficient (Wildman–Crippen LogP) is 2.39. The minimum atomic E-state index is -0.0320. The van der Waals surface area contributed by atoms with Crippen LogP contribution in [0.25, 0.3) is 0 Å². The lowest BCUT2D eigenvalue weighted by Crippen LogP contribution is -2.05. The number of ether oxygens (including phenoxy) is 1. The molecule has 1 aromatic carbocycles. The maximum absolute atomic E-state index is 8.94. The van der Waals surface area contributed by atoms with Gasteiger partial charge in [-0.05, 0) is 30.2 Å². The highest BCUT2D eigenvalue weighted by Gasteiger charge is 2.02. The van der Waals surface area contributed by atoms with Crippen molar-refractivity contribution in [2.24, 2.45) is 5.73 Å². The van der Waals surface area contributed by atoms with Gasteiger partial charge in [0, 0.05) is 18.3 Å².